The van der Waals surface area contributed by atoms with Gasteiger partial charge in [-0.1, -0.05) is 18.2 Å². The Morgan fingerprint density at radius 2 is 2.00 bits per heavy atom. The fourth-order valence-electron chi connectivity index (χ4n) is 2.41. The normalized spacial score (nSPS) is 11.4. The minimum atomic E-state index is 0.671. The Morgan fingerprint density at radius 1 is 1.15 bits per heavy atom. The van der Waals surface area contributed by atoms with Crippen molar-refractivity contribution in [1.29, 1.82) is 0 Å². The standard InChI is InChI=1S/C15H10BrN3S/c16-11-5-3-7-19-14(17)13(18-15(11)19)10-8-20-12-6-2-1-4-9(10)12/h1-8H,17H2. The molecule has 0 aliphatic rings. The third kappa shape index (κ3) is 1.60. The van der Waals surface area contributed by atoms with Crippen LogP contribution in [0, 0.1) is 0 Å². The second kappa shape index (κ2) is 4.33. The maximum Gasteiger partial charge on any atom is 0.153 e. The fraction of sp³-hybridized carbons (Fsp3) is 0. The number of imidazole rings is 1. The molecule has 4 aromatic rings. The number of nitrogen functional groups attached to an aromatic ring is 1. The predicted molar refractivity (Wildman–Crippen MR) is 88.1 cm³/mol. The van der Waals surface area contributed by atoms with Crippen molar-refractivity contribution in [3.63, 3.8) is 0 Å². The molecule has 0 fully saturated rings. The van der Waals surface area contributed by atoms with E-state index in [4.69, 9.17) is 10.7 Å². The number of aromatic nitrogens is 2. The Kier molecular flexibility index (Phi) is 2.58. The molecule has 3 aromatic heterocycles. The quantitative estimate of drug-likeness (QED) is 0.550. The summed E-state index contributed by atoms with van der Waals surface area (Å²) in [7, 11) is 0. The molecule has 0 bridgehead atoms. The number of nitrogens with two attached hydrogens (primary N) is 1. The summed E-state index contributed by atoms with van der Waals surface area (Å²) in [4.78, 5) is 4.70. The van der Waals surface area contributed by atoms with Crippen LogP contribution in [0.2, 0.25) is 0 Å². The Balaban J connectivity index is 2.08. The molecule has 0 unspecified atom stereocenters. The van der Waals surface area contributed by atoms with E-state index in [0.29, 0.717) is 5.82 Å². The topological polar surface area (TPSA) is 43.3 Å². The summed E-state index contributed by atoms with van der Waals surface area (Å²) in [5, 5.41) is 3.32. The van der Waals surface area contributed by atoms with Crippen molar-refractivity contribution in [2.75, 3.05) is 5.73 Å². The Hall–Kier alpha value is -1.85. The lowest BCUT2D eigenvalue weighted by atomic mass is 10.1. The molecule has 4 rings (SSSR count). The largest absolute Gasteiger partial charge is 0.383 e. The number of pyridine rings is 1. The van der Waals surface area contributed by atoms with Gasteiger partial charge >= 0.3 is 0 Å². The molecule has 20 heavy (non-hydrogen) atoms. The monoisotopic (exact) mass is 343 g/mol. The molecule has 3 heterocycles. The SMILES string of the molecule is Nc1c(-c2csc3ccccc23)nc2c(Br)cccn12. The Morgan fingerprint density at radius 3 is 2.85 bits per heavy atom. The molecule has 0 amide bonds. The molecule has 0 saturated heterocycles. The van der Waals surface area contributed by atoms with Gasteiger partial charge in [0.15, 0.2) is 5.65 Å². The number of halogens is 1. The molecule has 0 saturated carbocycles. The highest BCUT2D eigenvalue weighted by atomic mass is 79.9. The van der Waals surface area contributed by atoms with E-state index in [-0.39, 0.29) is 0 Å². The van der Waals surface area contributed by atoms with E-state index in [1.54, 1.807) is 11.3 Å². The van der Waals surface area contributed by atoms with E-state index < -0.39 is 0 Å². The number of hydrogen-bond acceptors (Lipinski definition) is 3. The minimum Gasteiger partial charge on any atom is -0.383 e. The minimum absolute atomic E-state index is 0.671. The molecular weight excluding hydrogens is 334 g/mol. The zero-order valence-electron chi connectivity index (χ0n) is 10.4. The molecule has 1 aromatic carbocycles. The third-order valence-corrected chi connectivity index (χ3v) is 4.96. The van der Waals surface area contributed by atoms with E-state index in [9.17, 15) is 0 Å². The predicted octanol–water partition coefficient (Wildman–Crippen LogP) is 4.56. The van der Waals surface area contributed by atoms with Crippen molar-refractivity contribution in [3.8, 4) is 11.3 Å². The first-order chi connectivity index (χ1) is 9.75. The van der Waals surface area contributed by atoms with Crippen LogP contribution < -0.4 is 5.73 Å². The number of anilines is 1. The zero-order valence-corrected chi connectivity index (χ0v) is 12.8. The van der Waals surface area contributed by atoms with Crippen molar-refractivity contribution in [1.82, 2.24) is 9.38 Å². The van der Waals surface area contributed by atoms with Crippen molar-refractivity contribution in [3.05, 3.63) is 52.4 Å². The first-order valence-corrected chi connectivity index (χ1v) is 7.81. The van der Waals surface area contributed by atoms with Gasteiger partial charge in [-0.05, 0) is 34.1 Å². The van der Waals surface area contributed by atoms with Crippen LogP contribution in [0.1, 0.15) is 0 Å². The van der Waals surface area contributed by atoms with E-state index in [2.05, 4.69) is 33.4 Å². The molecule has 98 valence electrons. The van der Waals surface area contributed by atoms with Gasteiger partial charge in [-0.3, -0.25) is 4.40 Å². The summed E-state index contributed by atoms with van der Waals surface area (Å²) in [5.41, 5.74) is 9.06. The number of nitrogens with zero attached hydrogens (tertiary/aromatic N) is 2. The first-order valence-electron chi connectivity index (χ1n) is 6.14. The van der Waals surface area contributed by atoms with Gasteiger partial charge in [-0.2, -0.15) is 0 Å². The zero-order chi connectivity index (χ0) is 13.7. The number of fused-ring (bicyclic) bond motifs is 2. The van der Waals surface area contributed by atoms with E-state index in [1.807, 2.05) is 34.9 Å². The number of thiophene rings is 1. The van der Waals surface area contributed by atoms with Crippen LogP contribution in [0.4, 0.5) is 5.82 Å². The Bertz CT molecular complexity index is 939. The van der Waals surface area contributed by atoms with Gasteiger partial charge in [0, 0.05) is 27.2 Å². The van der Waals surface area contributed by atoms with Gasteiger partial charge in [0.25, 0.3) is 0 Å². The molecule has 0 aliphatic carbocycles. The second-order valence-corrected chi connectivity index (χ2v) is 6.31. The smallest absolute Gasteiger partial charge is 0.153 e. The summed E-state index contributed by atoms with van der Waals surface area (Å²) >= 11 is 5.24. The second-order valence-electron chi connectivity index (χ2n) is 4.54. The van der Waals surface area contributed by atoms with Gasteiger partial charge in [-0.25, -0.2) is 4.98 Å². The van der Waals surface area contributed by atoms with Crippen LogP contribution in [-0.2, 0) is 0 Å². The first kappa shape index (κ1) is 11.9. The summed E-state index contributed by atoms with van der Waals surface area (Å²) in [6.07, 6.45) is 1.93. The lowest BCUT2D eigenvalue weighted by Crippen LogP contribution is -1.93. The molecule has 0 spiro atoms. The average molecular weight is 344 g/mol. The molecule has 5 heteroatoms. The molecular formula is C15H10BrN3S. The fourth-order valence-corrected chi connectivity index (χ4v) is 3.79. The lowest BCUT2D eigenvalue weighted by Gasteiger charge is -1.98. The molecule has 0 aliphatic heterocycles. The van der Waals surface area contributed by atoms with Gasteiger partial charge in [0.2, 0.25) is 0 Å². The van der Waals surface area contributed by atoms with Gasteiger partial charge in [0.1, 0.15) is 11.5 Å². The molecule has 2 N–H and O–H groups in total. The van der Waals surface area contributed by atoms with E-state index in [0.717, 1.165) is 21.4 Å². The third-order valence-electron chi connectivity index (χ3n) is 3.38. The van der Waals surface area contributed by atoms with Crippen LogP contribution in [0.3, 0.4) is 0 Å². The summed E-state index contributed by atoms with van der Waals surface area (Å²) in [5.74, 6) is 0.671. The highest BCUT2D eigenvalue weighted by Crippen LogP contribution is 2.37. The number of rotatable bonds is 1. The van der Waals surface area contributed by atoms with Crippen LogP contribution >= 0.6 is 27.3 Å². The molecule has 0 radical (unpaired) electrons. The summed E-state index contributed by atoms with van der Waals surface area (Å²) in [6, 6.07) is 12.2. The summed E-state index contributed by atoms with van der Waals surface area (Å²) < 4.78 is 4.10. The van der Waals surface area contributed by atoms with Crippen molar-refractivity contribution >= 4 is 48.8 Å². The number of benzene rings is 1. The van der Waals surface area contributed by atoms with Crippen LogP contribution in [0.15, 0.2) is 52.4 Å². The highest BCUT2D eigenvalue weighted by Gasteiger charge is 2.16. The maximum absolute atomic E-state index is 6.27. The Labute approximate surface area is 127 Å². The van der Waals surface area contributed by atoms with Crippen LogP contribution in [-0.4, -0.2) is 9.38 Å². The molecule has 3 nitrogen and oxygen atoms in total. The summed E-state index contributed by atoms with van der Waals surface area (Å²) in [6.45, 7) is 0. The van der Waals surface area contributed by atoms with Gasteiger partial charge in [-0.15, -0.1) is 11.3 Å². The molecule has 0 atom stereocenters. The van der Waals surface area contributed by atoms with Gasteiger partial charge < -0.3 is 5.73 Å². The van der Waals surface area contributed by atoms with Crippen molar-refractivity contribution in [2.45, 2.75) is 0 Å². The van der Waals surface area contributed by atoms with E-state index in [1.165, 1.54) is 10.1 Å². The average Bonchev–Trinajstić information content (AvgIpc) is 3.02. The van der Waals surface area contributed by atoms with Gasteiger partial charge in [0.05, 0.1) is 4.47 Å². The maximum atomic E-state index is 6.27. The highest BCUT2D eigenvalue weighted by molar-refractivity contribution is 9.10. The van der Waals surface area contributed by atoms with Crippen molar-refractivity contribution in [2.24, 2.45) is 0 Å². The lowest BCUT2D eigenvalue weighted by molar-refractivity contribution is 1.19. The number of hydrogen-bond donors (Lipinski definition) is 1. The van der Waals surface area contributed by atoms with Crippen molar-refractivity contribution < 1.29 is 0 Å². The van der Waals surface area contributed by atoms with Crippen LogP contribution in [0.5, 0.6) is 0 Å². The van der Waals surface area contributed by atoms with E-state index >= 15 is 0 Å². The van der Waals surface area contributed by atoms with Crippen LogP contribution in [0.25, 0.3) is 27.0 Å².